The van der Waals surface area contributed by atoms with Crippen molar-refractivity contribution in [3.63, 3.8) is 0 Å². The number of nitrogens with one attached hydrogen (secondary N) is 2. The molecule has 0 aliphatic heterocycles. The van der Waals surface area contributed by atoms with Crippen LogP contribution >= 0.6 is 0 Å². The molecule has 12 heteroatoms. The summed E-state index contributed by atoms with van der Waals surface area (Å²) in [5.74, 6) is -5.63. The van der Waals surface area contributed by atoms with Gasteiger partial charge in [-0.3, -0.25) is 28.8 Å². The minimum Gasteiger partial charge on any atom is -0.481 e. The molecule has 0 aliphatic carbocycles. The van der Waals surface area contributed by atoms with Gasteiger partial charge in [0.2, 0.25) is 23.6 Å². The van der Waals surface area contributed by atoms with Crippen molar-refractivity contribution in [3.05, 3.63) is 0 Å². The number of carboxylic acids is 2. The van der Waals surface area contributed by atoms with E-state index in [9.17, 15) is 28.8 Å². The molecule has 0 aromatic carbocycles. The van der Waals surface area contributed by atoms with E-state index < -0.39 is 66.5 Å². The Labute approximate surface area is 174 Å². The van der Waals surface area contributed by atoms with E-state index in [1.807, 2.05) is 0 Å². The molecule has 0 aliphatic rings. The SMILES string of the molecule is CC(C)C[C@H](NC(=O)[C@H](CC(=O)O)N(C)C(=O)[C@H](C)NC(=O)CCC(=O)O)C(N)=O. The van der Waals surface area contributed by atoms with E-state index in [1.54, 1.807) is 13.8 Å². The largest absolute Gasteiger partial charge is 0.481 e. The molecule has 170 valence electrons. The van der Waals surface area contributed by atoms with Crippen LogP contribution in [0.5, 0.6) is 0 Å². The third-order valence-electron chi connectivity index (χ3n) is 4.17. The summed E-state index contributed by atoms with van der Waals surface area (Å²) < 4.78 is 0. The highest BCUT2D eigenvalue weighted by Gasteiger charge is 2.33. The molecular formula is C18H30N4O8. The average molecular weight is 430 g/mol. The van der Waals surface area contributed by atoms with Gasteiger partial charge in [0.05, 0.1) is 12.8 Å². The van der Waals surface area contributed by atoms with E-state index in [1.165, 1.54) is 14.0 Å². The lowest BCUT2D eigenvalue weighted by molar-refractivity contribution is -0.147. The maximum absolute atomic E-state index is 12.6. The van der Waals surface area contributed by atoms with Crippen molar-refractivity contribution in [3.8, 4) is 0 Å². The van der Waals surface area contributed by atoms with Crippen molar-refractivity contribution in [1.82, 2.24) is 15.5 Å². The van der Waals surface area contributed by atoms with Gasteiger partial charge in [-0.25, -0.2) is 0 Å². The topological polar surface area (TPSA) is 196 Å². The summed E-state index contributed by atoms with van der Waals surface area (Å²) in [5.41, 5.74) is 5.28. The molecule has 3 atom stereocenters. The van der Waals surface area contributed by atoms with Gasteiger partial charge in [0.1, 0.15) is 18.1 Å². The number of nitrogens with zero attached hydrogens (tertiary/aromatic N) is 1. The lowest BCUT2D eigenvalue weighted by Crippen LogP contribution is -2.57. The lowest BCUT2D eigenvalue weighted by atomic mass is 10.0. The molecule has 0 aromatic heterocycles. The predicted molar refractivity (Wildman–Crippen MR) is 104 cm³/mol. The molecule has 0 heterocycles. The molecule has 30 heavy (non-hydrogen) atoms. The van der Waals surface area contributed by atoms with Crippen molar-refractivity contribution in [2.75, 3.05) is 7.05 Å². The van der Waals surface area contributed by atoms with Crippen LogP contribution in [0.2, 0.25) is 0 Å². The molecule has 0 aromatic rings. The Hall–Kier alpha value is -3.18. The summed E-state index contributed by atoms with van der Waals surface area (Å²) in [5, 5.41) is 22.4. The zero-order chi connectivity index (χ0) is 23.6. The fraction of sp³-hybridized carbons (Fsp3) is 0.667. The zero-order valence-corrected chi connectivity index (χ0v) is 17.5. The second-order valence-electron chi connectivity index (χ2n) is 7.34. The van der Waals surface area contributed by atoms with Crippen LogP contribution in [0, 0.1) is 5.92 Å². The lowest BCUT2D eigenvalue weighted by Gasteiger charge is -2.30. The first-order valence-corrected chi connectivity index (χ1v) is 9.35. The number of rotatable bonds is 13. The molecule has 6 N–H and O–H groups in total. The normalized spacial score (nSPS) is 13.6. The van der Waals surface area contributed by atoms with Crippen LogP contribution in [0.4, 0.5) is 0 Å². The van der Waals surface area contributed by atoms with E-state index in [0.29, 0.717) is 0 Å². The molecule has 0 bridgehead atoms. The summed E-state index contributed by atoms with van der Waals surface area (Å²) in [7, 11) is 1.19. The van der Waals surface area contributed by atoms with Crippen LogP contribution < -0.4 is 16.4 Å². The summed E-state index contributed by atoms with van der Waals surface area (Å²) in [6, 6.07) is -3.63. The van der Waals surface area contributed by atoms with Crippen LogP contribution in [-0.4, -0.2) is 75.9 Å². The van der Waals surface area contributed by atoms with Crippen LogP contribution in [-0.2, 0) is 28.8 Å². The van der Waals surface area contributed by atoms with Gasteiger partial charge in [-0.2, -0.15) is 0 Å². The Balaban J connectivity index is 5.29. The summed E-state index contributed by atoms with van der Waals surface area (Å²) in [4.78, 5) is 71.1. The highest BCUT2D eigenvalue weighted by atomic mass is 16.4. The Bertz CT molecular complexity index is 679. The molecule has 0 saturated carbocycles. The molecule has 0 rings (SSSR count). The standard InChI is InChI=1S/C18H30N4O8/c1-9(2)7-11(16(19)28)21-17(29)12(8-15(26)27)22(4)18(30)10(3)20-13(23)5-6-14(24)25/h9-12H,5-8H2,1-4H3,(H2,19,28)(H,20,23)(H,21,29)(H,24,25)(H,26,27)/t10-,11-,12-/m0/s1. The smallest absolute Gasteiger partial charge is 0.305 e. The third kappa shape index (κ3) is 9.85. The molecule has 0 spiro atoms. The molecule has 0 fully saturated rings. The Morgan fingerprint density at radius 2 is 1.50 bits per heavy atom. The highest BCUT2D eigenvalue weighted by Crippen LogP contribution is 2.09. The minimum atomic E-state index is -1.46. The van der Waals surface area contributed by atoms with Gasteiger partial charge >= 0.3 is 11.9 Å². The number of carboxylic acid groups (broad SMARTS) is 2. The number of amides is 4. The zero-order valence-electron chi connectivity index (χ0n) is 17.5. The Kier molecular flexibility index (Phi) is 11.1. The van der Waals surface area contributed by atoms with Crippen LogP contribution in [0.1, 0.15) is 46.5 Å². The molecule has 4 amide bonds. The predicted octanol–water partition coefficient (Wildman–Crippen LogP) is -1.33. The molecular weight excluding hydrogens is 400 g/mol. The monoisotopic (exact) mass is 430 g/mol. The van der Waals surface area contributed by atoms with Crippen LogP contribution in [0.15, 0.2) is 0 Å². The van der Waals surface area contributed by atoms with Gasteiger partial charge in [0.15, 0.2) is 0 Å². The van der Waals surface area contributed by atoms with Crippen molar-refractivity contribution < 1.29 is 39.0 Å². The number of carbonyl (C=O) groups excluding carboxylic acids is 4. The Morgan fingerprint density at radius 1 is 0.933 bits per heavy atom. The van der Waals surface area contributed by atoms with Gasteiger partial charge < -0.3 is 31.5 Å². The van der Waals surface area contributed by atoms with E-state index in [4.69, 9.17) is 15.9 Å². The number of hydrogen-bond donors (Lipinski definition) is 5. The number of primary amides is 1. The quantitative estimate of drug-likeness (QED) is 0.237. The van der Waals surface area contributed by atoms with Crippen LogP contribution in [0.3, 0.4) is 0 Å². The number of carbonyl (C=O) groups is 6. The Morgan fingerprint density at radius 3 is 1.93 bits per heavy atom. The van der Waals surface area contributed by atoms with Crippen molar-refractivity contribution in [2.24, 2.45) is 11.7 Å². The fourth-order valence-corrected chi connectivity index (χ4v) is 2.61. The molecule has 12 nitrogen and oxygen atoms in total. The van der Waals surface area contributed by atoms with Gasteiger partial charge in [-0.1, -0.05) is 13.8 Å². The van der Waals surface area contributed by atoms with Crippen molar-refractivity contribution in [2.45, 2.75) is 64.6 Å². The van der Waals surface area contributed by atoms with E-state index >= 15 is 0 Å². The van der Waals surface area contributed by atoms with E-state index in [-0.39, 0.29) is 18.8 Å². The molecule has 0 radical (unpaired) electrons. The highest BCUT2D eigenvalue weighted by molar-refractivity contribution is 5.95. The summed E-state index contributed by atoms with van der Waals surface area (Å²) in [6.45, 7) is 4.93. The van der Waals surface area contributed by atoms with Crippen molar-refractivity contribution in [1.29, 1.82) is 0 Å². The number of nitrogens with two attached hydrogens (primary N) is 1. The van der Waals surface area contributed by atoms with Crippen molar-refractivity contribution >= 4 is 35.6 Å². The molecule has 0 unspecified atom stereocenters. The minimum absolute atomic E-state index is 0.0149. The molecule has 0 saturated heterocycles. The first kappa shape index (κ1) is 26.8. The third-order valence-corrected chi connectivity index (χ3v) is 4.17. The van der Waals surface area contributed by atoms with Gasteiger partial charge in [-0.05, 0) is 19.3 Å². The van der Waals surface area contributed by atoms with Crippen LogP contribution in [0.25, 0.3) is 0 Å². The first-order valence-electron chi connectivity index (χ1n) is 9.35. The van der Waals surface area contributed by atoms with Gasteiger partial charge in [0.25, 0.3) is 0 Å². The average Bonchev–Trinajstić information content (AvgIpc) is 2.61. The van der Waals surface area contributed by atoms with Gasteiger partial charge in [-0.15, -0.1) is 0 Å². The second-order valence-corrected chi connectivity index (χ2v) is 7.34. The second kappa shape index (κ2) is 12.4. The summed E-state index contributed by atoms with van der Waals surface area (Å²) in [6.07, 6.45) is -1.27. The first-order chi connectivity index (χ1) is 13.8. The van der Waals surface area contributed by atoms with E-state index in [0.717, 1.165) is 4.90 Å². The fourth-order valence-electron chi connectivity index (χ4n) is 2.61. The summed E-state index contributed by atoms with van der Waals surface area (Å²) >= 11 is 0. The number of likely N-dealkylation sites (N-methyl/N-ethyl adjacent to an activating group) is 1. The number of hydrogen-bond acceptors (Lipinski definition) is 6. The van der Waals surface area contributed by atoms with Gasteiger partial charge in [0, 0.05) is 13.5 Å². The van der Waals surface area contributed by atoms with E-state index in [2.05, 4.69) is 10.6 Å². The maximum Gasteiger partial charge on any atom is 0.305 e. The maximum atomic E-state index is 12.6. The number of aliphatic carboxylic acids is 2.